The molecule has 4 heterocycles. The van der Waals surface area contributed by atoms with Crippen molar-refractivity contribution in [2.24, 2.45) is 0 Å². The van der Waals surface area contributed by atoms with Gasteiger partial charge in [0.2, 0.25) is 5.91 Å². The topological polar surface area (TPSA) is 96.2 Å². The van der Waals surface area contributed by atoms with Crippen LogP contribution in [0.3, 0.4) is 0 Å². The summed E-state index contributed by atoms with van der Waals surface area (Å²) in [6, 6.07) is 9.63. The van der Waals surface area contributed by atoms with Gasteiger partial charge in [0.05, 0.1) is 29.8 Å². The first kappa shape index (κ1) is 27.3. The Morgan fingerprint density at radius 1 is 0.952 bits per heavy atom. The molecule has 2 amide bonds. The van der Waals surface area contributed by atoms with Gasteiger partial charge in [0.25, 0.3) is 5.91 Å². The highest BCUT2D eigenvalue weighted by molar-refractivity contribution is 5.96. The lowest BCUT2D eigenvalue weighted by molar-refractivity contribution is -0.140. The molecule has 6 rings (SSSR count). The Morgan fingerprint density at radius 3 is 2.33 bits per heavy atom. The molecule has 216 valence electrons. The third-order valence-electron chi connectivity index (χ3n) is 7.61. The van der Waals surface area contributed by atoms with Gasteiger partial charge in [0, 0.05) is 31.2 Å². The zero-order valence-corrected chi connectivity index (χ0v) is 21.8. The SMILES string of the molecule is O=C(c1cc(-c2cnccn2)n(-c2ccc(F)c(C(F)(F)F)c2)n1)N1CCC2(CC1)C(=O)NCN2c1ccc(F)cc1. The molecule has 1 N–H and O–H groups in total. The van der Waals surface area contributed by atoms with Crippen LogP contribution in [0.4, 0.5) is 27.6 Å². The van der Waals surface area contributed by atoms with E-state index in [0.29, 0.717) is 17.8 Å². The molecule has 0 atom stereocenters. The number of nitrogens with one attached hydrogen (secondary N) is 1. The zero-order chi connectivity index (χ0) is 29.6. The summed E-state index contributed by atoms with van der Waals surface area (Å²) in [6.07, 6.45) is -0.226. The van der Waals surface area contributed by atoms with E-state index in [4.69, 9.17) is 0 Å². The van der Waals surface area contributed by atoms with Crippen molar-refractivity contribution >= 4 is 17.5 Å². The van der Waals surface area contributed by atoms with E-state index in [-0.39, 0.29) is 61.3 Å². The maximum absolute atomic E-state index is 14.0. The van der Waals surface area contributed by atoms with Crippen LogP contribution in [0.15, 0.2) is 67.1 Å². The summed E-state index contributed by atoms with van der Waals surface area (Å²) in [4.78, 5) is 38.1. The third kappa shape index (κ3) is 4.72. The molecule has 2 saturated heterocycles. The number of halogens is 5. The van der Waals surface area contributed by atoms with Crippen LogP contribution in [0.1, 0.15) is 28.9 Å². The molecule has 2 aliphatic rings. The fourth-order valence-corrected chi connectivity index (χ4v) is 5.45. The maximum Gasteiger partial charge on any atom is 0.419 e. The Morgan fingerprint density at radius 2 is 1.67 bits per heavy atom. The first-order valence-electron chi connectivity index (χ1n) is 12.9. The molecule has 14 heteroatoms. The highest BCUT2D eigenvalue weighted by Gasteiger charge is 2.51. The Bertz CT molecular complexity index is 1650. The number of alkyl halides is 3. The normalized spacial score (nSPS) is 16.6. The number of rotatable bonds is 4. The summed E-state index contributed by atoms with van der Waals surface area (Å²) in [5.41, 5.74) is -1.53. The summed E-state index contributed by atoms with van der Waals surface area (Å²) in [7, 11) is 0. The van der Waals surface area contributed by atoms with Crippen LogP contribution in [-0.2, 0) is 11.0 Å². The quantitative estimate of drug-likeness (QED) is 0.362. The van der Waals surface area contributed by atoms with E-state index in [1.54, 1.807) is 12.1 Å². The molecule has 2 aromatic carbocycles. The summed E-state index contributed by atoms with van der Waals surface area (Å²) in [6.45, 7) is 0.611. The predicted molar refractivity (Wildman–Crippen MR) is 139 cm³/mol. The minimum Gasteiger partial charge on any atom is -0.339 e. The van der Waals surface area contributed by atoms with Crippen molar-refractivity contribution < 1.29 is 31.5 Å². The second-order valence-corrected chi connectivity index (χ2v) is 9.97. The summed E-state index contributed by atoms with van der Waals surface area (Å²) >= 11 is 0. The zero-order valence-electron chi connectivity index (χ0n) is 21.8. The molecule has 2 aromatic heterocycles. The van der Waals surface area contributed by atoms with E-state index >= 15 is 0 Å². The van der Waals surface area contributed by atoms with E-state index < -0.39 is 34.8 Å². The lowest BCUT2D eigenvalue weighted by Gasteiger charge is -2.43. The standard InChI is InChI=1S/C28H22F5N7O2/c29-17-1-3-18(4-2-17)39-16-36-26(42)27(39)7-11-38(12-8-27)25(41)22-14-24(23-15-34-9-10-35-23)40(37-22)19-5-6-21(30)20(13-19)28(31,32)33/h1-6,9-10,13-15H,7-8,11-12,16H2,(H,36,42). The summed E-state index contributed by atoms with van der Waals surface area (Å²) in [5.74, 6) is -2.53. The van der Waals surface area contributed by atoms with Crippen molar-refractivity contribution in [2.45, 2.75) is 24.6 Å². The van der Waals surface area contributed by atoms with Crippen molar-refractivity contribution in [3.63, 3.8) is 0 Å². The van der Waals surface area contributed by atoms with Crippen LogP contribution < -0.4 is 10.2 Å². The van der Waals surface area contributed by atoms with Gasteiger partial charge in [0.15, 0.2) is 5.69 Å². The Balaban J connectivity index is 1.30. The molecule has 4 aromatic rings. The second kappa shape index (κ2) is 10.2. The van der Waals surface area contributed by atoms with Crippen molar-refractivity contribution in [2.75, 3.05) is 24.7 Å². The fourth-order valence-electron chi connectivity index (χ4n) is 5.45. The summed E-state index contributed by atoms with van der Waals surface area (Å²) < 4.78 is 68.9. The van der Waals surface area contributed by atoms with Gasteiger partial charge in [-0.15, -0.1) is 0 Å². The third-order valence-corrected chi connectivity index (χ3v) is 7.61. The van der Waals surface area contributed by atoms with Crippen molar-refractivity contribution in [3.8, 4) is 17.1 Å². The minimum absolute atomic E-state index is 0.0734. The molecule has 2 aliphatic heterocycles. The van der Waals surface area contributed by atoms with Crippen LogP contribution in [0, 0.1) is 11.6 Å². The molecule has 2 fully saturated rings. The van der Waals surface area contributed by atoms with E-state index in [0.717, 1.165) is 10.7 Å². The average Bonchev–Trinajstić information content (AvgIpc) is 3.56. The van der Waals surface area contributed by atoms with Crippen LogP contribution >= 0.6 is 0 Å². The van der Waals surface area contributed by atoms with Crippen molar-refractivity contribution in [3.05, 3.63) is 90.0 Å². The first-order valence-corrected chi connectivity index (χ1v) is 12.9. The molecule has 42 heavy (non-hydrogen) atoms. The highest BCUT2D eigenvalue weighted by Crippen LogP contribution is 2.37. The number of piperidine rings is 1. The lowest BCUT2D eigenvalue weighted by Crippen LogP contribution is -2.57. The van der Waals surface area contributed by atoms with Gasteiger partial charge in [0.1, 0.15) is 22.9 Å². The fraction of sp³-hybridized carbons (Fsp3) is 0.250. The molecule has 0 unspecified atom stereocenters. The largest absolute Gasteiger partial charge is 0.419 e. The van der Waals surface area contributed by atoms with Gasteiger partial charge >= 0.3 is 6.18 Å². The molecular formula is C28H22F5N7O2. The Labute approximate surface area is 235 Å². The number of carbonyl (C=O) groups excluding carboxylic acids is 2. The predicted octanol–water partition coefficient (Wildman–Crippen LogP) is 4.20. The second-order valence-electron chi connectivity index (χ2n) is 9.97. The summed E-state index contributed by atoms with van der Waals surface area (Å²) in [5, 5.41) is 7.14. The smallest absolute Gasteiger partial charge is 0.339 e. The van der Waals surface area contributed by atoms with Gasteiger partial charge in [-0.3, -0.25) is 19.6 Å². The van der Waals surface area contributed by atoms with Crippen molar-refractivity contribution in [1.82, 2.24) is 30.0 Å². The average molecular weight is 584 g/mol. The van der Waals surface area contributed by atoms with Gasteiger partial charge in [-0.2, -0.15) is 18.3 Å². The van der Waals surface area contributed by atoms with Crippen LogP contribution in [0.2, 0.25) is 0 Å². The van der Waals surface area contributed by atoms with E-state index in [9.17, 15) is 31.5 Å². The van der Waals surface area contributed by atoms with Crippen LogP contribution in [-0.4, -0.2) is 61.8 Å². The van der Waals surface area contributed by atoms with Crippen molar-refractivity contribution in [1.29, 1.82) is 0 Å². The number of hydrogen-bond donors (Lipinski definition) is 1. The van der Waals surface area contributed by atoms with Crippen LogP contribution in [0.25, 0.3) is 17.1 Å². The highest BCUT2D eigenvalue weighted by atomic mass is 19.4. The molecular weight excluding hydrogens is 561 g/mol. The van der Waals surface area contributed by atoms with E-state index in [2.05, 4.69) is 20.4 Å². The number of aromatic nitrogens is 4. The number of carbonyl (C=O) groups is 2. The number of benzene rings is 2. The molecule has 0 saturated carbocycles. The molecule has 1 spiro atoms. The number of likely N-dealkylation sites (tertiary alicyclic amines) is 1. The number of nitrogens with zero attached hydrogens (tertiary/aromatic N) is 6. The molecule has 0 radical (unpaired) electrons. The first-order chi connectivity index (χ1) is 20.1. The number of anilines is 1. The maximum atomic E-state index is 14.0. The molecule has 0 aliphatic carbocycles. The van der Waals surface area contributed by atoms with Gasteiger partial charge < -0.3 is 15.1 Å². The molecule has 9 nitrogen and oxygen atoms in total. The van der Waals surface area contributed by atoms with Gasteiger partial charge in [-0.25, -0.2) is 13.5 Å². The number of amides is 2. The van der Waals surface area contributed by atoms with E-state index in [1.165, 1.54) is 41.7 Å². The Kier molecular flexibility index (Phi) is 6.62. The van der Waals surface area contributed by atoms with Gasteiger partial charge in [-0.05, 0) is 61.4 Å². The van der Waals surface area contributed by atoms with E-state index in [1.807, 2.05) is 4.90 Å². The lowest BCUT2D eigenvalue weighted by atomic mass is 9.85. The minimum atomic E-state index is -4.95. The molecule has 0 bridgehead atoms. The number of hydrogen-bond acceptors (Lipinski definition) is 6. The Hall–Kier alpha value is -4.88. The monoisotopic (exact) mass is 583 g/mol. The van der Waals surface area contributed by atoms with Crippen LogP contribution in [0.5, 0.6) is 0 Å². The van der Waals surface area contributed by atoms with Gasteiger partial charge in [-0.1, -0.05) is 0 Å².